The van der Waals surface area contributed by atoms with E-state index in [1.54, 1.807) is 7.11 Å². The number of carboxylic acids is 1. The first kappa shape index (κ1) is 20.0. The highest BCUT2D eigenvalue weighted by atomic mass is 16.5. The molecular weight excluding hydrogens is 360 g/mol. The smallest absolute Gasteiger partial charge is 0.394 e. The van der Waals surface area contributed by atoms with Gasteiger partial charge in [-0.2, -0.15) is 5.26 Å². The van der Waals surface area contributed by atoms with Crippen LogP contribution in [0.3, 0.4) is 0 Å². The fraction of sp³-hybridized carbons (Fsp3) is 0.571. The molecule has 3 rings (SSSR count). The van der Waals surface area contributed by atoms with Crippen molar-refractivity contribution < 1.29 is 24.2 Å². The number of hydrogen-bond acceptors (Lipinski definition) is 5. The number of carbonyl (C=O) groups excluding carboxylic acids is 1. The van der Waals surface area contributed by atoms with Gasteiger partial charge in [0.25, 0.3) is 0 Å². The van der Waals surface area contributed by atoms with Crippen LogP contribution in [0.2, 0.25) is 0 Å². The summed E-state index contributed by atoms with van der Waals surface area (Å²) in [6.45, 7) is 0. The first-order valence-electron chi connectivity index (χ1n) is 9.77. The van der Waals surface area contributed by atoms with Crippen LogP contribution in [0.5, 0.6) is 11.5 Å². The molecule has 2 saturated carbocycles. The molecule has 0 aromatic heterocycles. The number of aliphatic carboxylic acids is 1. The van der Waals surface area contributed by atoms with Gasteiger partial charge in [0.15, 0.2) is 11.5 Å². The second-order valence-corrected chi connectivity index (χ2v) is 7.64. The molecule has 150 valence electrons. The maximum atomic E-state index is 11.4. The number of carboxylic acid groups (broad SMARTS) is 1. The summed E-state index contributed by atoms with van der Waals surface area (Å²) < 4.78 is 11.6. The van der Waals surface area contributed by atoms with Crippen molar-refractivity contribution in [2.24, 2.45) is 0 Å². The zero-order valence-electron chi connectivity index (χ0n) is 16.1. The lowest BCUT2D eigenvalue weighted by atomic mass is 9.69. The summed E-state index contributed by atoms with van der Waals surface area (Å²) in [5.74, 6) is -1.15. The molecule has 2 N–H and O–H groups in total. The molecule has 0 bridgehead atoms. The Balaban J connectivity index is 1.76. The lowest BCUT2D eigenvalue weighted by Gasteiger charge is -2.35. The largest absolute Gasteiger partial charge is 0.493 e. The molecule has 1 aromatic carbocycles. The zero-order chi connectivity index (χ0) is 20.1. The molecule has 0 atom stereocenters. The van der Waals surface area contributed by atoms with E-state index in [-0.39, 0.29) is 12.1 Å². The van der Waals surface area contributed by atoms with Crippen LogP contribution in [0.15, 0.2) is 18.2 Å². The van der Waals surface area contributed by atoms with Crippen LogP contribution in [0.25, 0.3) is 0 Å². The van der Waals surface area contributed by atoms with Crippen molar-refractivity contribution in [1.82, 2.24) is 5.32 Å². The molecule has 7 nitrogen and oxygen atoms in total. The molecule has 0 heterocycles. The molecule has 0 radical (unpaired) electrons. The number of ether oxygens (including phenoxy) is 2. The van der Waals surface area contributed by atoms with Gasteiger partial charge in [0.05, 0.1) is 24.7 Å². The molecule has 0 spiro atoms. The maximum absolute atomic E-state index is 11.4. The molecule has 0 saturated heterocycles. The lowest BCUT2D eigenvalue weighted by molar-refractivity contribution is -0.150. The van der Waals surface area contributed by atoms with Crippen molar-refractivity contribution in [2.75, 3.05) is 7.11 Å². The van der Waals surface area contributed by atoms with Crippen molar-refractivity contribution in [3.8, 4) is 17.6 Å². The Morgan fingerprint density at radius 1 is 1.18 bits per heavy atom. The summed E-state index contributed by atoms with van der Waals surface area (Å²) in [7, 11) is 1.60. The monoisotopic (exact) mass is 386 g/mol. The predicted molar refractivity (Wildman–Crippen MR) is 101 cm³/mol. The van der Waals surface area contributed by atoms with E-state index >= 15 is 0 Å². The molecule has 1 amide bonds. The van der Waals surface area contributed by atoms with Gasteiger partial charge in [0.2, 0.25) is 0 Å². The third-order valence-electron chi connectivity index (χ3n) is 5.89. The minimum atomic E-state index is -1.49. The molecule has 1 aromatic rings. The van der Waals surface area contributed by atoms with E-state index < -0.39 is 17.3 Å². The normalized spacial score (nSPS) is 24.9. The van der Waals surface area contributed by atoms with Gasteiger partial charge in [-0.25, -0.2) is 4.79 Å². The van der Waals surface area contributed by atoms with E-state index in [0.29, 0.717) is 37.2 Å². The van der Waals surface area contributed by atoms with Gasteiger partial charge >= 0.3 is 11.9 Å². The average molecular weight is 386 g/mol. The lowest BCUT2D eigenvalue weighted by Crippen LogP contribution is -2.44. The van der Waals surface area contributed by atoms with E-state index in [4.69, 9.17) is 14.6 Å². The fourth-order valence-corrected chi connectivity index (χ4v) is 4.22. The molecule has 0 unspecified atom stereocenters. The molecule has 2 aliphatic rings. The minimum Gasteiger partial charge on any atom is -0.493 e. The van der Waals surface area contributed by atoms with Crippen molar-refractivity contribution in [1.29, 1.82) is 5.26 Å². The number of hydrogen-bond donors (Lipinski definition) is 2. The first-order chi connectivity index (χ1) is 13.5. The van der Waals surface area contributed by atoms with Crippen LogP contribution in [0.4, 0.5) is 0 Å². The summed E-state index contributed by atoms with van der Waals surface area (Å²) in [6, 6.07) is 7.90. The van der Waals surface area contributed by atoms with Crippen molar-refractivity contribution in [3.05, 3.63) is 23.8 Å². The number of amides is 1. The predicted octanol–water partition coefficient (Wildman–Crippen LogP) is 2.92. The Morgan fingerprint density at radius 3 is 2.43 bits per heavy atom. The molecular formula is C21H26N2O5. The summed E-state index contributed by atoms with van der Waals surface area (Å²) in [4.78, 5) is 22.1. The number of nitrogens with one attached hydrogen (secondary N) is 1. The van der Waals surface area contributed by atoms with E-state index in [1.165, 1.54) is 0 Å². The molecule has 0 aliphatic heterocycles. The van der Waals surface area contributed by atoms with Gasteiger partial charge in [-0.05, 0) is 69.1 Å². The Kier molecular flexibility index (Phi) is 6.08. The van der Waals surface area contributed by atoms with Gasteiger partial charge < -0.3 is 19.9 Å². The quantitative estimate of drug-likeness (QED) is 0.753. The highest BCUT2D eigenvalue weighted by Crippen LogP contribution is 2.42. The molecule has 2 aliphatic carbocycles. The van der Waals surface area contributed by atoms with Gasteiger partial charge in [-0.1, -0.05) is 6.07 Å². The highest BCUT2D eigenvalue weighted by Gasteiger charge is 2.38. The van der Waals surface area contributed by atoms with E-state index in [0.717, 1.165) is 31.2 Å². The fourth-order valence-electron chi connectivity index (χ4n) is 4.22. The van der Waals surface area contributed by atoms with E-state index in [1.807, 2.05) is 18.2 Å². The van der Waals surface area contributed by atoms with Gasteiger partial charge in [0, 0.05) is 6.04 Å². The summed E-state index contributed by atoms with van der Waals surface area (Å²) >= 11 is 0. The van der Waals surface area contributed by atoms with Crippen molar-refractivity contribution in [3.63, 3.8) is 0 Å². The van der Waals surface area contributed by atoms with Crippen molar-refractivity contribution in [2.45, 2.75) is 68.9 Å². The Labute approximate surface area is 164 Å². The Bertz CT molecular complexity index is 771. The van der Waals surface area contributed by atoms with Crippen LogP contribution < -0.4 is 14.8 Å². The topological polar surface area (TPSA) is 109 Å². The molecule has 28 heavy (non-hydrogen) atoms. The van der Waals surface area contributed by atoms with Crippen LogP contribution in [0, 0.1) is 11.3 Å². The van der Waals surface area contributed by atoms with Gasteiger partial charge in [-0.15, -0.1) is 0 Å². The zero-order valence-corrected chi connectivity index (χ0v) is 16.1. The number of methoxy groups -OCH3 is 1. The van der Waals surface area contributed by atoms with Crippen LogP contribution in [-0.2, 0) is 15.0 Å². The Hall–Kier alpha value is -2.75. The molecule has 2 fully saturated rings. The second kappa shape index (κ2) is 8.51. The summed E-state index contributed by atoms with van der Waals surface area (Å²) in [5.41, 5.74) is 0.205. The summed E-state index contributed by atoms with van der Waals surface area (Å²) in [5, 5.41) is 21.2. The van der Waals surface area contributed by atoms with Crippen LogP contribution in [-0.4, -0.2) is 36.2 Å². The molecule has 7 heteroatoms. The number of benzene rings is 1. The SMILES string of the molecule is COc1ccc(C2(C#N)CCC(NC(=O)C(=O)O)CC2)cc1OC1CCCC1. The number of nitriles is 1. The number of nitrogens with zero attached hydrogens (tertiary/aromatic N) is 1. The summed E-state index contributed by atoms with van der Waals surface area (Å²) in [6.07, 6.45) is 6.77. The van der Waals surface area contributed by atoms with Crippen molar-refractivity contribution >= 4 is 11.9 Å². The second-order valence-electron chi connectivity index (χ2n) is 7.64. The third kappa shape index (κ3) is 4.22. The van der Waals surface area contributed by atoms with Gasteiger partial charge in [-0.3, -0.25) is 4.79 Å². The van der Waals surface area contributed by atoms with E-state index in [9.17, 15) is 14.9 Å². The standard InChI is InChI=1S/C21H26N2O5/c1-27-17-7-6-14(12-18(17)28-16-4-2-3-5-16)21(13-22)10-8-15(9-11-21)23-19(24)20(25)26/h6-7,12,15-16H,2-5,8-11H2,1H3,(H,23,24)(H,25,26). The van der Waals surface area contributed by atoms with Crippen LogP contribution in [0.1, 0.15) is 56.9 Å². The van der Waals surface area contributed by atoms with Gasteiger partial charge in [0.1, 0.15) is 0 Å². The maximum Gasteiger partial charge on any atom is 0.394 e. The highest BCUT2D eigenvalue weighted by molar-refractivity contribution is 6.31. The first-order valence-corrected chi connectivity index (χ1v) is 9.77. The Morgan fingerprint density at radius 2 is 1.86 bits per heavy atom. The third-order valence-corrected chi connectivity index (χ3v) is 5.89. The average Bonchev–Trinajstić information content (AvgIpc) is 3.21. The number of carbonyl (C=O) groups is 2. The van der Waals surface area contributed by atoms with E-state index in [2.05, 4.69) is 11.4 Å². The minimum absolute atomic E-state index is 0.184. The number of rotatable bonds is 5. The van der Waals surface area contributed by atoms with Crippen LogP contribution >= 0.6 is 0 Å².